The number of ether oxygens (including phenoxy) is 1. The number of hydrogen-bond acceptors (Lipinski definition) is 4. The molecule has 0 aliphatic heterocycles. The zero-order chi connectivity index (χ0) is 15.6. The fourth-order valence-corrected chi connectivity index (χ4v) is 2.07. The molecule has 21 heavy (non-hydrogen) atoms. The predicted octanol–water partition coefficient (Wildman–Crippen LogP) is 3.61. The second kappa shape index (κ2) is 5.98. The van der Waals surface area contributed by atoms with E-state index in [0.29, 0.717) is 16.0 Å². The number of H-pyrrole nitrogens is 1. The highest BCUT2D eigenvalue weighted by Gasteiger charge is 2.37. The minimum atomic E-state index is -4.66. The summed E-state index contributed by atoms with van der Waals surface area (Å²) in [6, 6.07) is 5.05. The van der Waals surface area contributed by atoms with Crippen LogP contribution in [0.15, 0.2) is 27.8 Å². The van der Waals surface area contributed by atoms with Crippen molar-refractivity contribution < 1.29 is 17.9 Å². The molecular formula is C11H8BrF3N4OS. The Morgan fingerprint density at radius 3 is 2.81 bits per heavy atom. The quantitative estimate of drug-likeness (QED) is 0.653. The maximum absolute atomic E-state index is 12.7. The number of nitrogens with one attached hydrogen (secondary N) is 1. The zero-order valence-electron chi connectivity index (χ0n) is 10.5. The largest absolute Gasteiger partial charge is 0.496 e. The van der Waals surface area contributed by atoms with Gasteiger partial charge in [0.05, 0.1) is 13.3 Å². The van der Waals surface area contributed by atoms with Crippen molar-refractivity contribution in [2.24, 2.45) is 5.10 Å². The number of rotatable bonds is 3. The van der Waals surface area contributed by atoms with E-state index < -0.39 is 12.0 Å². The first-order chi connectivity index (χ1) is 9.82. The Labute approximate surface area is 130 Å². The molecule has 2 aromatic rings. The summed E-state index contributed by atoms with van der Waals surface area (Å²) in [6.45, 7) is 0. The summed E-state index contributed by atoms with van der Waals surface area (Å²) in [5, 5.41) is 8.91. The summed E-state index contributed by atoms with van der Waals surface area (Å²) in [4.78, 5) is 0. The molecule has 0 atom stereocenters. The van der Waals surface area contributed by atoms with E-state index in [1.807, 2.05) is 0 Å². The first kappa shape index (κ1) is 15.7. The van der Waals surface area contributed by atoms with Crippen molar-refractivity contribution >= 4 is 34.4 Å². The summed E-state index contributed by atoms with van der Waals surface area (Å²) in [5.41, 5.74) is 0.489. The van der Waals surface area contributed by atoms with Gasteiger partial charge in [-0.1, -0.05) is 15.9 Å². The van der Waals surface area contributed by atoms with Crippen LogP contribution in [0.25, 0.3) is 0 Å². The Kier molecular flexibility index (Phi) is 4.47. The predicted molar refractivity (Wildman–Crippen MR) is 76.1 cm³/mol. The van der Waals surface area contributed by atoms with Crippen molar-refractivity contribution in [2.75, 3.05) is 7.11 Å². The lowest BCUT2D eigenvalue weighted by molar-refractivity contribution is -0.147. The SMILES string of the molecule is COc1ccc(Br)cc1/C=N\n1c(C(F)(F)F)n[nH]c1=S. The maximum atomic E-state index is 12.7. The van der Waals surface area contributed by atoms with Gasteiger partial charge in [-0.05, 0) is 30.4 Å². The molecule has 0 saturated heterocycles. The number of alkyl halides is 3. The van der Waals surface area contributed by atoms with Gasteiger partial charge in [-0.2, -0.15) is 22.9 Å². The van der Waals surface area contributed by atoms with Crippen LogP contribution in [0.1, 0.15) is 11.4 Å². The molecule has 0 unspecified atom stereocenters. The molecular weight excluding hydrogens is 373 g/mol. The third-order valence-electron chi connectivity index (χ3n) is 2.41. The molecule has 0 aliphatic carbocycles. The zero-order valence-corrected chi connectivity index (χ0v) is 12.9. The van der Waals surface area contributed by atoms with Crippen LogP contribution in [0.2, 0.25) is 0 Å². The minimum Gasteiger partial charge on any atom is -0.496 e. The van der Waals surface area contributed by atoms with E-state index in [4.69, 9.17) is 17.0 Å². The van der Waals surface area contributed by atoms with Crippen molar-refractivity contribution in [2.45, 2.75) is 6.18 Å². The second-order valence-corrected chi connectivity index (χ2v) is 5.10. The fourth-order valence-electron chi connectivity index (χ4n) is 1.51. The van der Waals surface area contributed by atoms with E-state index >= 15 is 0 Å². The number of aromatic amines is 1. The van der Waals surface area contributed by atoms with Crippen molar-refractivity contribution in [3.8, 4) is 5.75 Å². The van der Waals surface area contributed by atoms with Gasteiger partial charge in [-0.3, -0.25) is 0 Å². The van der Waals surface area contributed by atoms with Crippen molar-refractivity contribution in [3.63, 3.8) is 0 Å². The highest BCUT2D eigenvalue weighted by atomic mass is 79.9. The van der Waals surface area contributed by atoms with Gasteiger partial charge < -0.3 is 4.74 Å². The number of methoxy groups -OCH3 is 1. The van der Waals surface area contributed by atoms with Crippen LogP contribution in [0.5, 0.6) is 5.75 Å². The maximum Gasteiger partial charge on any atom is 0.453 e. The van der Waals surface area contributed by atoms with E-state index in [-0.39, 0.29) is 4.77 Å². The summed E-state index contributed by atoms with van der Waals surface area (Å²) >= 11 is 8.00. The molecule has 0 bridgehead atoms. The molecule has 1 aromatic heterocycles. The Bertz CT molecular complexity index is 738. The van der Waals surface area contributed by atoms with E-state index in [1.54, 1.807) is 18.2 Å². The molecule has 5 nitrogen and oxygen atoms in total. The molecule has 112 valence electrons. The molecule has 1 aromatic carbocycles. The molecule has 0 amide bonds. The third kappa shape index (κ3) is 3.50. The van der Waals surface area contributed by atoms with Gasteiger partial charge in [-0.25, -0.2) is 5.10 Å². The summed E-state index contributed by atoms with van der Waals surface area (Å²) in [6.07, 6.45) is -3.45. The van der Waals surface area contributed by atoms with Crippen molar-refractivity contribution in [1.82, 2.24) is 14.9 Å². The number of halogens is 4. The van der Waals surface area contributed by atoms with E-state index in [2.05, 4.69) is 31.2 Å². The van der Waals surface area contributed by atoms with E-state index in [1.165, 1.54) is 13.3 Å². The Morgan fingerprint density at radius 2 is 2.19 bits per heavy atom. The monoisotopic (exact) mass is 380 g/mol. The van der Waals surface area contributed by atoms with Crippen LogP contribution >= 0.6 is 28.1 Å². The van der Waals surface area contributed by atoms with Crippen LogP contribution in [-0.4, -0.2) is 28.2 Å². The first-order valence-corrected chi connectivity index (χ1v) is 6.65. The molecule has 0 radical (unpaired) electrons. The Hall–Kier alpha value is -1.68. The van der Waals surface area contributed by atoms with E-state index in [9.17, 15) is 13.2 Å². The average Bonchev–Trinajstić information content (AvgIpc) is 2.77. The van der Waals surface area contributed by atoms with Crippen molar-refractivity contribution in [3.05, 3.63) is 38.8 Å². The van der Waals surface area contributed by atoms with Crippen LogP contribution in [0.4, 0.5) is 13.2 Å². The van der Waals surface area contributed by atoms with Gasteiger partial charge in [0.15, 0.2) is 0 Å². The van der Waals surface area contributed by atoms with Gasteiger partial charge in [-0.15, -0.1) is 5.10 Å². The molecule has 2 rings (SSSR count). The molecule has 0 fully saturated rings. The van der Waals surface area contributed by atoms with Gasteiger partial charge >= 0.3 is 6.18 Å². The Morgan fingerprint density at radius 1 is 1.48 bits per heavy atom. The molecule has 0 spiro atoms. The third-order valence-corrected chi connectivity index (χ3v) is 3.17. The topological polar surface area (TPSA) is 55.2 Å². The van der Waals surface area contributed by atoms with Crippen LogP contribution in [0, 0.1) is 4.77 Å². The molecule has 1 heterocycles. The molecule has 10 heteroatoms. The normalized spacial score (nSPS) is 12.0. The average molecular weight is 381 g/mol. The van der Waals surface area contributed by atoms with Gasteiger partial charge in [0.1, 0.15) is 5.75 Å². The number of aromatic nitrogens is 3. The number of nitrogens with zero attached hydrogens (tertiary/aromatic N) is 3. The highest BCUT2D eigenvalue weighted by Crippen LogP contribution is 2.27. The smallest absolute Gasteiger partial charge is 0.453 e. The standard InChI is InChI=1S/C11H8BrF3N4OS/c1-20-8-3-2-7(12)4-6(8)5-16-19-9(11(13,14)15)17-18-10(19)21/h2-5H,1H3,(H,18,21)/b16-5-. The molecule has 0 aliphatic rings. The summed E-state index contributed by atoms with van der Waals surface area (Å²) in [7, 11) is 1.45. The summed E-state index contributed by atoms with van der Waals surface area (Å²) < 4.78 is 44.3. The van der Waals surface area contributed by atoms with Crippen LogP contribution in [-0.2, 0) is 6.18 Å². The molecule has 1 N–H and O–H groups in total. The Balaban J connectivity index is 2.46. The van der Waals surface area contributed by atoms with Crippen LogP contribution in [0.3, 0.4) is 0 Å². The molecule has 0 saturated carbocycles. The number of hydrogen-bond donors (Lipinski definition) is 1. The van der Waals surface area contributed by atoms with Gasteiger partial charge in [0.25, 0.3) is 5.82 Å². The highest BCUT2D eigenvalue weighted by molar-refractivity contribution is 9.10. The summed E-state index contributed by atoms with van der Waals surface area (Å²) in [5.74, 6) is -0.761. The van der Waals surface area contributed by atoms with Gasteiger partial charge in [0, 0.05) is 10.0 Å². The first-order valence-electron chi connectivity index (χ1n) is 5.45. The fraction of sp³-hybridized carbons (Fsp3) is 0.182. The lowest BCUT2D eigenvalue weighted by Gasteiger charge is -2.06. The van der Waals surface area contributed by atoms with E-state index in [0.717, 1.165) is 4.47 Å². The number of benzene rings is 1. The van der Waals surface area contributed by atoms with Gasteiger partial charge in [0.2, 0.25) is 4.77 Å². The minimum absolute atomic E-state index is 0.257. The van der Waals surface area contributed by atoms with Crippen LogP contribution < -0.4 is 4.74 Å². The lowest BCUT2D eigenvalue weighted by atomic mass is 10.2. The second-order valence-electron chi connectivity index (χ2n) is 3.79. The lowest BCUT2D eigenvalue weighted by Crippen LogP contribution is -2.12. The van der Waals surface area contributed by atoms with Crippen molar-refractivity contribution in [1.29, 1.82) is 0 Å².